The molecule has 1 aromatic rings. The third kappa shape index (κ3) is 5.55. The number of rotatable bonds is 3. The fourth-order valence-corrected chi connectivity index (χ4v) is 2.62. The van der Waals surface area contributed by atoms with Crippen molar-refractivity contribution in [2.75, 3.05) is 25.0 Å². The van der Waals surface area contributed by atoms with Gasteiger partial charge in [-0.05, 0) is 33.3 Å². The molecule has 0 radical (unpaired) electrons. The van der Waals surface area contributed by atoms with Gasteiger partial charge in [0.05, 0.1) is 11.0 Å². The van der Waals surface area contributed by atoms with Gasteiger partial charge in [0.25, 0.3) is 0 Å². The van der Waals surface area contributed by atoms with E-state index in [-0.39, 0.29) is 37.0 Å². The summed E-state index contributed by atoms with van der Waals surface area (Å²) in [6.07, 6.45) is 0.318. The van der Waals surface area contributed by atoms with Crippen molar-refractivity contribution in [3.05, 3.63) is 34.1 Å². The van der Waals surface area contributed by atoms with E-state index < -0.39 is 28.1 Å². The Morgan fingerprint density at radius 1 is 1.48 bits per heavy atom. The maximum absolute atomic E-state index is 13.8. The predicted octanol–water partition coefficient (Wildman–Crippen LogP) is 0.296. The van der Waals surface area contributed by atoms with E-state index in [0.717, 1.165) is 12.1 Å². The molecule has 0 spiro atoms. The van der Waals surface area contributed by atoms with Gasteiger partial charge in [0, 0.05) is 38.0 Å². The summed E-state index contributed by atoms with van der Waals surface area (Å²) in [5.74, 6) is -0.860. The number of hydrogen-bond donors (Lipinski definition) is 0. The van der Waals surface area contributed by atoms with Crippen LogP contribution in [-0.4, -0.2) is 47.7 Å². The molecule has 0 unspecified atom stereocenters. The smallest absolute Gasteiger partial charge is 1.00 e. The van der Waals surface area contributed by atoms with Crippen LogP contribution in [0.5, 0.6) is 0 Å². The first-order valence-corrected chi connectivity index (χ1v) is 7.73. The van der Waals surface area contributed by atoms with Gasteiger partial charge in [-0.3, -0.25) is 10.1 Å². The molecule has 1 aromatic carbocycles. The minimum atomic E-state index is -0.860. The fourth-order valence-electron chi connectivity index (χ4n) is 2.62. The van der Waals surface area contributed by atoms with Crippen LogP contribution in [0.25, 0.3) is 0 Å². The number of carbonyl (C=O) groups is 1. The van der Waals surface area contributed by atoms with E-state index in [1.165, 1.54) is 6.07 Å². The Hall–Kier alpha value is -1.38. The van der Waals surface area contributed by atoms with Crippen LogP contribution >= 0.6 is 0 Å². The molecule has 25 heavy (non-hydrogen) atoms. The van der Waals surface area contributed by atoms with Crippen LogP contribution in [-0.2, 0) is 4.74 Å². The Kier molecular flexibility index (Phi) is 7.22. The Morgan fingerprint density at radius 2 is 2.12 bits per heavy atom. The molecule has 1 saturated heterocycles. The largest absolute Gasteiger partial charge is 1.00 e. The van der Waals surface area contributed by atoms with Crippen molar-refractivity contribution in [3.8, 4) is 0 Å². The molecule has 134 valence electrons. The van der Waals surface area contributed by atoms with Gasteiger partial charge >= 0.3 is 41.3 Å². The standard InChI is InChI=1S/C16H22FN3O4.Na.H/c1-16(2,3)24-15(21)18(4)12-7-8-19(10-12)11-5-6-14(20(22)23)13(17)9-11;;/h5-6,9,12H,7-8,10H2,1-4H3;;/q;+1;-1/t12-;;/m1../s1. The molecule has 0 aliphatic carbocycles. The summed E-state index contributed by atoms with van der Waals surface area (Å²) in [5, 5.41) is 10.7. The van der Waals surface area contributed by atoms with Gasteiger partial charge in [-0.2, -0.15) is 4.39 Å². The summed E-state index contributed by atoms with van der Waals surface area (Å²) in [4.78, 5) is 25.5. The number of halogens is 1. The number of hydrogen-bond acceptors (Lipinski definition) is 5. The third-order valence-corrected chi connectivity index (χ3v) is 3.89. The number of carbonyl (C=O) groups excluding carboxylic acids is 1. The molecule has 0 aromatic heterocycles. The van der Waals surface area contributed by atoms with E-state index in [4.69, 9.17) is 4.74 Å². The Morgan fingerprint density at radius 3 is 2.64 bits per heavy atom. The Labute approximate surface area is 170 Å². The molecule has 1 aliphatic heterocycles. The van der Waals surface area contributed by atoms with Crippen LogP contribution in [0.15, 0.2) is 18.2 Å². The van der Waals surface area contributed by atoms with Crippen molar-refractivity contribution >= 4 is 17.5 Å². The van der Waals surface area contributed by atoms with Crippen molar-refractivity contribution in [3.63, 3.8) is 0 Å². The molecule has 9 heteroatoms. The Balaban J connectivity index is 0.00000312. The van der Waals surface area contributed by atoms with Gasteiger partial charge in [-0.25, -0.2) is 4.79 Å². The van der Waals surface area contributed by atoms with Gasteiger partial charge in [0.15, 0.2) is 0 Å². The van der Waals surface area contributed by atoms with E-state index >= 15 is 0 Å². The molecule has 1 heterocycles. The van der Waals surface area contributed by atoms with Crippen molar-refractivity contribution in [2.45, 2.75) is 38.8 Å². The summed E-state index contributed by atoms with van der Waals surface area (Å²) in [6, 6.07) is 3.79. The quantitative estimate of drug-likeness (QED) is 0.439. The predicted molar refractivity (Wildman–Crippen MR) is 88.8 cm³/mol. The molecule has 2 rings (SSSR count). The van der Waals surface area contributed by atoms with Crippen molar-refractivity contribution in [2.24, 2.45) is 0 Å². The van der Waals surface area contributed by atoms with Gasteiger partial charge in [-0.1, -0.05) is 0 Å². The summed E-state index contributed by atoms with van der Waals surface area (Å²) < 4.78 is 19.1. The normalized spacial score (nSPS) is 17.0. The molecular formula is C16H23FN3NaO4. The summed E-state index contributed by atoms with van der Waals surface area (Å²) in [7, 11) is 1.68. The van der Waals surface area contributed by atoms with Gasteiger partial charge in [0.1, 0.15) is 5.60 Å². The first kappa shape index (κ1) is 21.7. The number of amides is 1. The monoisotopic (exact) mass is 363 g/mol. The van der Waals surface area contributed by atoms with Gasteiger partial charge < -0.3 is 16.0 Å². The molecule has 0 saturated carbocycles. The van der Waals surface area contributed by atoms with Crippen molar-refractivity contribution < 1.29 is 49.8 Å². The van der Waals surface area contributed by atoms with Crippen LogP contribution in [0.1, 0.15) is 28.6 Å². The summed E-state index contributed by atoms with van der Waals surface area (Å²) in [6.45, 7) is 6.57. The molecule has 1 atom stereocenters. The second-order valence-electron chi connectivity index (χ2n) is 6.87. The van der Waals surface area contributed by atoms with E-state index in [9.17, 15) is 19.3 Å². The van der Waals surface area contributed by atoms with E-state index in [1.807, 2.05) is 4.90 Å². The molecule has 1 aliphatic rings. The average Bonchev–Trinajstić information content (AvgIpc) is 2.93. The zero-order valence-corrected chi connectivity index (χ0v) is 17.3. The molecule has 0 bridgehead atoms. The zero-order chi connectivity index (χ0) is 18.1. The average molecular weight is 363 g/mol. The molecule has 0 N–H and O–H groups in total. The molecule has 7 nitrogen and oxygen atoms in total. The molecular weight excluding hydrogens is 340 g/mol. The van der Waals surface area contributed by atoms with Crippen molar-refractivity contribution in [1.29, 1.82) is 0 Å². The number of ether oxygens (including phenoxy) is 1. The topological polar surface area (TPSA) is 75.9 Å². The molecule has 1 amide bonds. The maximum atomic E-state index is 13.8. The number of nitrogens with zero attached hydrogens (tertiary/aromatic N) is 3. The van der Waals surface area contributed by atoms with Crippen LogP contribution in [0, 0.1) is 15.9 Å². The second-order valence-corrected chi connectivity index (χ2v) is 6.87. The van der Waals surface area contributed by atoms with E-state index in [2.05, 4.69) is 0 Å². The van der Waals surface area contributed by atoms with Crippen LogP contribution < -0.4 is 34.5 Å². The zero-order valence-electron chi connectivity index (χ0n) is 16.3. The number of nitro benzene ring substituents is 1. The minimum absolute atomic E-state index is 0. The second kappa shape index (κ2) is 8.33. The summed E-state index contributed by atoms with van der Waals surface area (Å²) in [5.41, 5.74) is -0.538. The fraction of sp³-hybridized carbons (Fsp3) is 0.562. The van der Waals surface area contributed by atoms with Gasteiger partial charge in [-0.15, -0.1) is 0 Å². The van der Waals surface area contributed by atoms with Gasteiger partial charge in [0.2, 0.25) is 5.82 Å². The number of anilines is 1. The van der Waals surface area contributed by atoms with Crippen molar-refractivity contribution in [1.82, 2.24) is 4.90 Å². The minimum Gasteiger partial charge on any atom is -1.00 e. The van der Waals surface area contributed by atoms with Crippen LogP contribution in [0.3, 0.4) is 0 Å². The first-order valence-electron chi connectivity index (χ1n) is 7.73. The Bertz CT molecular complexity index is 657. The third-order valence-electron chi connectivity index (χ3n) is 3.89. The molecule has 1 fully saturated rings. The van der Waals surface area contributed by atoms with E-state index in [0.29, 0.717) is 25.2 Å². The van der Waals surface area contributed by atoms with Crippen LogP contribution in [0.4, 0.5) is 20.6 Å². The number of likely N-dealkylation sites (N-methyl/N-ethyl adjacent to an activating group) is 1. The summed E-state index contributed by atoms with van der Waals surface area (Å²) >= 11 is 0. The SMILES string of the molecule is CN(C(=O)OC(C)(C)C)[C@@H]1CCN(c2ccc([N+](=O)[O-])c(F)c2)C1.[H-].[Na+]. The number of nitro groups is 1. The van der Waals surface area contributed by atoms with E-state index in [1.54, 1.807) is 32.7 Å². The maximum Gasteiger partial charge on any atom is 1.00 e. The first-order chi connectivity index (χ1) is 11.1. The van der Waals surface area contributed by atoms with Crippen LogP contribution in [0.2, 0.25) is 0 Å². The number of benzene rings is 1.